The van der Waals surface area contributed by atoms with Crippen LogP contribution in [0.3, 0.4) is 0 Å². The highest BCUT2D eigenvalue weighted by atomic mass is 16.2. The highest BCUT2D eigenvalue weighted by molar-refractivity contribution is 5.82. The Hall–Kier alpha value is -1.35. The molecule has 1 fully saturated rings. The zero-order valence-electron chi connectivity index (χ0n) is 11.9. The minimum Gasteiger partial charge on any atom is -0.341 e. The molecule has 0 aliphatic carbocycles. The Morgan fingerprint density at radius 3 is 2.63 bits per heavy atom. The molecule has 2 rings (SSSR count). The molecule has 104 valence electrons. The minimum absolute atomic E-state index is 0.0996. The van der Waals surface area contributed by atoms with Crippen LogP contribution in [-0.2, 0) is 11.2 Å². The number of nitrogens with two attached hydrogens (primary N) is 1. The summed E-state index contributed by atoms with van der Waals surface area (Å²) in [6.07, 6.45) is 1.71. The second-order valence-electron chi connectivity index (χ2n) is 5.82. The van der Waals surface area contributed by atoms with Gasteiger partial charge in [0, 0.05) is 13.1 Å². The Labute approximate surface area is 115 Å². The van der Waals surface area contributed by atoms with E-state index < -0.39 is 6.04 Å². The first kappa shape index (κ1) is 14.1. The Bertz CT molecular complexity index is 418. The van der Waals surface area contributed by atoms with Gasteiger partial charge in [-0.3, -0.25) is 4.79 Å². The number of rotatable bonds is 3. The van der Waals surface area contributed by atoms with Crippen molar-refractivity contribution in [3.05, 3.63) is 35.9 Å². The lowest BCUT2D eigenvalue weighted by molar-refractivity contribution is -0.134. The molecular weight excluding hydrogens is 236 g/mol. The van der Waals surface area contributed by atoms with Gasteiger partial charge in [0.2, 0.25) is 5.91 Å². The first-order valence-corrected chi connectivity index (χ1v) is 7.16. The first-order chi connectivity index (χ1) is 9.08. The average Bonchev–Trinajstić information content (AvgIpc) is 2.42. The topological polar surface area (TPSA) is 46.3 Å². The van der Waals surface area contributed by atoms with Crippen molar-refractivity contribution in [2.24, 2.45) is 17.6 Å². The molecule has 0 radical (unpaired) electrons. The van der Waals surface area contributed by atoms with E-state index in [0.29, 0.717) is 18.3 Å². The van der Waals surface area contributed by atoms with Crippen molar-refractivity contribution < 1.29 is 4.79 Å². The molecule has 0 saturated carbocycles. The van der Waals surface area contributed by atoms with Crippen molar-refractivity contribution in [3.8, 4) is 0 Å². The fourth-order valence-electron chi connectivity index (χ4n) is 2.65. The summed E-state index contributed by atoms with van der Waals surface area (Å²) >= 11 is 0. The molecule has 3 atom stereocenters. The van der Waals surface area contributed by atoms with Crippen LogP contribution in [-0.4, -0.2) is 29.9 Å². The second-order valence-corrected chi connectivity index (χ2v) is 5.82. The first-order valence-electron chi connectivity index (χ1n) is 7.16. The van der Waals surface area contributed by atoms with Crippen LogP contribution >= 0.6 is 0 Å². The lowest BCUT2D eigenvalue weighted by Crippen LogP contribution is -2.49. The third-order valence-corrected chi connectivity index (χ3v) is 4.26. The molecule has 1 aliphatic heterocycles. The predicted octanol–water partition coefficient (Wildman–Crippen LogP) is 2.06. The SMILES string of the molecule is CC1CCN(C(=O)[C@@H](N)Cc2ccccc2)CC1C. The summed E-state index contributed by atoms with van der Waals surface area (Å²) in [4.78, 5) is 14.3. The molecule has 19 heavy (non-hydrogen) atoms. The smallest absolute Gasteiger partial charge is 0.239 e. The minimum atomic E-state index is -0.414. The quantitative estimate of drug-likeness (QED) is 0.904. The predicted molar refractivity (Wildman–Crippen MR) is 77.6 cm³/mol. The van der Waals surface area contributed by atoms with Crippen molar-refractivity contribution in [2.45, 2.75) is 32.7 Å². The molecule has 1 aliphatic rings. The van der Waals surface area contributed by atoms with E-state index in [9.17, 15) is 4.79 Å². The number of carbonyl (C=O) groups excluding carboxylic acids is 1. The van der Waals surface area contributed by atoms with Gasteiger partial charge in [0.05, 0.1) is 6.04 Å². The van der Waals surface area contributed by atoms with E-state index in [0.717, 1.165) is 25.1 Å². The molecule has 1 aromatic carbocycles. The third-order valence-electron chi connectivity index (χ3n) is 4.26. The second kappa shape index (κ2) is 6.20. The van der Waals surface area contributed by atoms with E-state index in [2.05, 4.69) is 13.8 Å². The zero-order valence-corrected chi connectivity index (χ0v) is 11.9. The molecular formula is C16H24N2O. The van der Waals surface area contributed by atoms with Crippen LogP contribution in [0.15, 0.2) is 30.3 Å². The molecule has 2 unspecified atom stereocenters. The van der Waals surface area contributed by atoms with E-state index in [-0.39, 0.29) is 5.91 Å². The van der Waals surface area contributed by atoms with E-state index in [1.807, 2.05) is 35.2 Å². The van der Waals surface area contributed by atoms with Gasteiger partial charge in [0.25, 0.3) is 0 Å². The third kappa shape index (κ3) is 3.57. The van der Waals surface area contributed by atoms with Crippen LogP contribution in [0.4, 0.5) is 0 Å². The largest absolute Gasteiger partial charge is 0.341 e. The van der Waals surface area contributed by atoms with Crippen LogP contribution < -0.4 is 5.73 Å². The van der Waals surface area contributed by atoms with Crippen LogP contribution in [0.1, 0.15) is 25.8 Å². The summed E-state index contributed by atoms with van der Waals surface area (Å²) < 4.78 is 0. The molecule has 3 heteroatoms. The van der Waals surface area contributed by atoms with Crippen molar-refractivity contribution in [1.82, 2.24) is 4.90 Å². The van der Waals surface area contributed by atoms with E-state index >= 15 is 0 Å². The molecule has 1 amide bonds. The molecule has 0 spiro atoms. The van der Waals surface area contributed by atoms with Gasteiger partial charge in [-0.1, -0.05) is 44.2 Å². The van der Waals surface area contributed by atoms with Crippen LogP contribution in [0, 0.1) is 11.8 Å². The van der Waals surface area contributed by atoms with E-state index in [1.165, 1.54) is 0 Å². The number of nitrogens with zero attached hydrogens (tertiary/aromatic N) is 1. The molecule has 0 bridgehead atoms. The number of amides is 1. The number of hydrogen-bond acceptors (Lipinski definition) is 2. The molecule has 2 N–H and O–H groups in total. The Balaban J connectivity index is 1.92. The fourth-order valence-corrected chi connectivity index (χ4v) is 2.65. The van der Waals surface area contributed by atoms with Gasteiger partial charge < -0.3 is 10.6 Å². The summed E-state index contributed by atoms with van der Waals surface area (Å²) in [5.74, 6) is 1.37. The number of likely N-dealkylation sites (tertiary alicyclic amines) is 1. The summed E-state index contributed by atoms with van der Waals surface area (Å²) in [7, 11) is 0. The van der Waals surface area contributed by atoms with Gasteiger partial charge in [-0.05, 0) is 30.2 Å². The lowest BCUT2D eigenvalue weighted by atomic mass is 9.88. The van der Waals surface area contributed by atoms with Gasteiger partial charge >= 0.3 is 0 Å². The molecule has 0 aromatic heterocycles. The molecule has 1 aromatic rings. The van der Waals surface area contributed by atoms with Crippen molar-refractivity contribution in [2.75, 3.05) is 13.1 Å². The summed E-state index contributed by atoms with van der Waals surface area (Å²) in [6.45, 7) is 6.18. The Morgan fingerprint density at radius 1 is 1.32 bits per heavy atom. The number of hydrogen-bond donors (Lipinski definition) is 1. The highest BCUT2D eigenvalue weighted by Crippen LogP contribution is 2.22. The van der Waals surface area contributed by atoms with Crippen LogP contribution in [0.2, 0.25) is 0 Å². The summed E-state index contributed by atoms with van der Waals surface area (Å²) in [6, 6.07) is 9.57. The van der Waals surface area contributed by atoms with Gasteiger partial charge in [-0.2, -0.15) is 0 Å². The van der Waals surface area contributed by atoms with Gasteiger partial charge in [-0.25, -0.2) is 0 Å². The number of benzene rings is 1. The van der Waals surface area contributed by atoms with Gasteiger partial charge in [-0.15, -0.1) is 0 Å². The van der Waals surface area contributed by atoms with E-state index in [1.54, 1.807) is 0 Å². The summed E-state index contributed by atoms with van der Waals surface area (Å²) in [5, 5.41) is 0. The normalized spacial score (nSPS) is 25.1. The van der Waals surface area contributed by atoms with Crippen LogP contribution in [0.5, 0.6) is 0 Å². The maximum atomic E-state index is 12.4. The Kier molecular flexibility index (Phi) is 4.59. The van der Waals surface area contributed by atoms with Crippen LogP contribution in [0.25, 0.3) is 0 Å². The molecule has 1 heterocycles. The summed E-state index contributed by atoms with van der Waals surface area (Å²) in [5.41, 5.74) is 7.20. The average molecular weight is 260 g/mol. The monoisotopic (exact) mass is 260 g/mol. The van der Waals surface area contributed by atoms with Crippen molar-refractivity contribution in [3.63, 3.8) is 0 Å². The van der Waals surface area contributed by atoms with Crippen molar-refractivity contribution in [1.29, 1.82) is 0 Å². The Morgan fingerprint density at radius 2 is 2.00 bits per heavy atom. The highest BCUT2D eigenvalue weighted by Gasteiger charge is 2.28. The van der Waals surface area contributed by atoms with Gasteiger partial charge in [0.15, 0.2) is 0 Å². The standard InChI is InChI=1S/C16H24N2O/c1-12-8-9-18(11-13(12)2)16(19)15(17)10-14-6-4-3-5-7-14/h3-7,12-13,15H,8-11,17H2,1-2H3/t12?,13?,15-/m0/s1. The van der Waals surface area contributed by atoms with Gasteiger partial charge in [0.1, 0.15) is 0 Å². The fraction of sp³-hybridized carbons (Fsp3) is 0.562. The maximum Gasteiger partial charge on any atom is 0.239 e. The maximum absolute atomic E-state index is 12.4. The van der Waals surface area contributed by atoms with E-state index in [4.69, 9.17) is 5.73 Å². The molecule has 1 saturated heterocycles. The molecule has 3 nitrogen and oxygen atoms in total. The lowest BCUT2D eigenvalue weighted by Gasteiger charge is -2.36. The zero-order chi connectivity index (χ0) is 13.8. The number of piperidine rings is 1. The van der Waals surface area contributed by atoms with Crippen molar-refractivity contribution >= 4 is 5.91 Å². The number of carbonyl (C=O) groups is 1.